The smallest absolute Gasteiger partial charge is 0.233 e. The predicted octanol–water partition coefficient (Wildman–Crippen LogP) is 4.90. The van der Waals surface area contributed by atoms with Crippen LogP contribution in [0.25, 0.3) is 0 Å². The van der Waals surface area contributed by atoms with E-state index in [1.165, 1.54) is 28.7 Å². The second-order valence-electron chi connectivity index (χ2n) is 6.25. The van der Waals surface area contributed by atoms with Gasteiger partial charge in [0.25, 0.3) is 0 Å². The van der Waals surface area contributed by atoms with Gasteiger partial charge in [-0.05, 0) is 37.1 Å². The van der Waals surface area contributed by atoms with Gasteiger partial charge in [-0.2, -0.15) is 0 Å². The third-order valence-corrected chi connectivity index (χ3v) is 6.21. The van der Waals surface area contributed by atoms with E-state index in [0.717, 1.165) is 20.7 Å². The highest BCUT2D eigenvalue weighted by atomic mass is 32.2. The number of hydrogen-bond acceptors (Lipinski definition) is 6. The summed E-state index contributed by atoms with van der Waals surface area (Å²) in [7, 11) is 1.84. The molecule has 0 aliphatic rings. The first-order valence-electron chi connectivity index (χ1n) is 8.63. The van der Waals surface area contributed by atoms with Crippen LogP contribution in [-0.2, 0) is 4.79 Å². The number of amides is 1. The molecule has 0 unspecified atom stereocenters. The van der Waals surface area contributed by atoms with Crippen LogP contribution < -0.4 is 5.32 Å². The molecule has 3 aromatic rings. The van der Waals surface area contributed by atoms with Gasteiger partial charge in [-0.1, -0.05) is 65.6 Å². The Balaban J connectivity index is 1.54. The van der Waals surface area contributed by atoms with Crippen molar-refractivity contribution in [2.45, 2.75) is 24.2 Å². The lowest BCUT2D eigenvalue weighted by molar-refractivity contribution is -0.128. The van der Waals surface area contributed by atoms with E-state index in [1.807, 2.05) is 69.4 Å². The Morgan fingerprint density at radius 1 is 1.19 bits per heavy atom. The maximum atomic E-state index is 12.5. The highest BCUT2D eigenvalue weighted by Crippen LogP contribution is 2.28. The van der Waals surface area contributed by atoms with Crippen molar-refractivity contribution in [3.8, 4) is 0 Å². The first-order valence-corrected chi connectivity index (χ1v) is 10.4. The van der Waals surface area contributed by atoms with E-state index in [2.05, 4.69) is 21.6 Å². The molecule has 0 aliphatic heterocycles. The number of carbonyl (C=O) groups excluding carboxylic acids is 1. The van der Waals surface area contributed by atoms with Crippen LogP contribution in [0.5, 0.6) is 0 Å². The molecule has 140 valence electrons. The van der Waals surface area contributed by atoms with Crippen molar-refractivity contribution in [1.82, 2.24) is 15.1 Å². The Labute approximate surface area is 167 Å². The topological polar surface area (TPSA) is 58.1 Å². The lowest BCUT2D eigenvalue weighted by Crippen LogP contribution is -2.31. The first-order chi connectivity index (χ1) is 13.0. The Morgan fingerprint density at radius 3 is 2.70 bits per heavy atom. The zero-order valence-corrected chi connectivity index (χ0v) is 17.2. The SMILES string of the molecule is Cc1cccc(Nc2nnc(SCC(=O)N(C)[C@@H](C)c3ccccc3)s2)c1. The van der Waals surface area contributed by atoms with Gasteiger partial charge in [0.15, 0.2) is 4.34 Å². The lowest BCUT2D eigenvalue weighted by Gasteiger charge is -2.25. The highest BCUT2D eigenvalue weighted by Gasteiger charge is 2.18. The fourth-order valence-electron chi connectivity index (χ4n) is 2.56. The summed E-state index contributed by atoms with van der Waals surface area (Å²) in [4.78, 5) is 14.3. The molecule has 0 bridgehead atoms. The second kappa shape index (κ2) is 9.01. The number of nitrogens with one attached hydrogen (secondary N) is 1. The minimum atomic E-state index is 0.0345. The zero-order chi connectivity index (χ0) is 19.2. The second-order valence-corrected chi connectivity index (χ2v) is 8.45. The Hall–Kier alpha value is -2.38. The van der Waals surface area contributed by atoms with Gasteiger partial charge >= 0.3 is 0 Å². The van der Waals surface area contributed by atoms with Crippen molar-refractivity contribution < 1.29 is 4.79 Å². The first kappa shape index (κ1) is 19.4. The number of anilines is 2. The van der Waals surface area contributed by atoms with Crippen LogP contribution in [0.1, 0.15) is 24.1 Å². The molecule has 7 heteroatoms. The molecule has 1 heterocycles. The van der Waals surface area contributed by atoms with Gasteiger partial charge in [0.1, 0.15) is 0 Å². The summed E-state index contributed by atoms with van der Waals surface area (Å²) >= 11 is 2.87. The fraction of sp³-hybridized carbons (Fsp3) is 0.250. The molecule has 1 N–H and O–H groups in total. The molecule has 1 amide bonds. The third-order valence-electron chi connectivity index (χ3n) is 4.25. The van der Waals surface area contributed by atoms with Crippen LogP contribution in [0.3, 0.4) is 0 Å². The summed E-state index contributed by atoms with van der Waals surface area (Å²) < 4.78 is 0.777. The molecule has 3 rings (SSSR count). The number of thioether (sulfide) groups is 1. The van der Waals surface area contributed by atoms with Crippen molar-refractivity contribution in [1.29, 1.82) is 0 Å². The Bertz CT molecular complexity index is 898. The maximum Gasteiger partial charge on any atom is 0.233 e. The van der Waals surface area contributed by atoms with Gasteiger partial charge in [0, 0.05) is 12.7 Å². The summed E-state index contributed by atoms with van der Waals surface area (Å²) in [5.41, 5.74) is 3.29. The van der Waals surface area contributed by atoms with Gasteiger partial charge in [-0.15, -0.1) is 10.2 Å². The molecule has 27 heavy (non-hydrogen) atoms. The van der Waals surface area contributed by atoms with Crippen LogP contribution in [0.4, 0.5) is 10.8 Å². The van der Waals surface area contributed by atoms with E-state index in [4.69, 9.17) is 0 Å². The van der Waals surface area contributed by atoms with Crippen molar-refractivity contribution in [3.63, 3.8) is 0 Å². The van der Waals surface area contributed by atoms with Gasteiger partial charge in [0.05, 0.1) is 11.8 Å². The molecule has 0 fully saturated rings. The van der Waals surface area contributed by atoms with Crippen LogP contribution in [0.2, 0.25) is 0 Å². The van der Waals surface area contributed by atoms with Crippen LogP contribution in [-0.4, -0.2) is 33.8 Å². The fourth-order valence-corrected chi connectivity index (χ4v) is 4.26. The lowest BCUT2D eigenvalue weighted by atomic mass is 10.1. The molecular formula is C20H22N4OS2. The van der Waals surface area contributed by atoms with Crippen molar-refractivity contribution in [2.75, 3.05) is 18.1 Å². The van der Waals surface area contributed by atoms with E-state index in [-0.39, 0.29) is 11.9 Å². The number of aromatic nitrogens is 2. The van der Waals surface area contributed by atoms with E-state index in [0.29, 0.717) is 5.75 Å². The minimum absolute atomic E-state index is 0.0345. The van der Waals surface area contributed by atoms with E-state index in [1.54, 1.807) is 4.90 Å². The average Bonchev–Trinajstić information content (AvgIpc) is 3.13. The van der Waals surface area contributed by atoms with Crippen molar-refractivity contribution in [2.24, 2.45) is 0 Å². The number of aryl methyl sites for hydroxylation is 1. The van der Waals surface area contributed by atoms with Crippen LogP contribution in [0.15, 0.2) is 58.9 Å². The Morgan fingerprint density at radius 2 is 1.96 bits per heavy atom. The van der Waals surface area contributed by atoms with Crippen LogP contribution >= 0.6 is 23.1 Å². The van der Waals surface area contributed by atoms with Crippen molar-refractivity contribution >= 4 is 39.8 Å². The van der Waals surface area contributed by atoms with Gasteiger partial charge in [0.2, 0.25) is 11.0 Å². The van der Waals surface area contributed by atoms with Crippen LogP contribution in [0, 0.1) is 6.92 Å². The Kier molecular flexibility index (Phi) is 6.47. The molecule has 0 aliphatic carbocycles. The summed E-state index contributed by atoms with van der Waals surface area (Å²) in [6.07, 6.45) is 0. The number of hydrogen-bond donors (Lipinski definition) is 1. The van der Waals surface area contributed by atoms with E-state index < -0.39 is 0 Å². The van der Waals surface area contributed by atoms with Gasteiger partial charge < -0.3 is 10.2 Å². The molecule has 0 spiro atoms. The summed E-state index contributed by atoms with van der Waals surface area (Å²) in [5, 5.41) is 12.3. The third kappa shape index (κ3) is 5.30. The maximum absolute atomic E-state index is 12.5. The van der Waals surface area contributed by atoms with Crippen molar-refractivity contribution in [3.05, 3.63) is 65.7 Å². The molecule has 5 nitrogen and oxygen atoms in total. The zero-order valence-electron chi connectivity index (χ0n) is 15.5. The largest absolute Gasteiger partial charge is 0.338 e. The number of rotatable bonds is 7. The molecule has 1 aromatic heterocycles. The minimum Gasteiger partial charge on any atom is -0.338 e. The summed E-state index contributed by atoms with van der Waals surface area (Å²) in [6, 6.07) is 18.2. The van der Waals surface area contributed by atoms with E-state index >= 15 is 0 Å². The molecule has 0 saturated heterocycles. The van der Waals surface area contributed by atoms with Gasteiger partial charge in [-0.3, -0.25) is 4.79 Å². The molecule has 2 aromatic carbocycles. The monoisotopic (exact) mass is 398 g/mol. The standard InChI is InChI=1S/C20H22N4OS2/c1-14-8-7-11-17(12-14)21-19-22-23-20(27-19)26-13-18(25)24(3)15(2)16-9-5-4-6-10-16/h4-12,15H,13H2,1-3H3,(H,21,22)/t15-/m0/s1. The molecule has 1 atom stereocenters. The molecular weight excluding hydrogens is 376 g/mol. The summed E-state index contributed by atoms with van der Waals surface area (Å²) in [6.45, 7) is 4.08. The quantitative estimate of drug-likeness (QED) is 0.574. The molecule has 0 radical (unpaired) electrons. The number of nitrogens with zero attached hydrogens (tertiary/aromatic N) is 3. The predicted molar refractivity (Wildman–Crippen MR) is 113 cm³/mol. The van der Waals surface area contributed by atoms with E-state index in [9.17, 15) is 4.79 Å². The summed E-state index contributed by atoms with van der Waals surface area (Å²) in [5.74, 6) is 0.409. The van der Waals surface area contributed by atoms with Gasteiger partial charge in [-0.25, -0.2) is 0 Å². The normalized spacial score (nSPS) is 11.8. The number of benzene rings is 2. The molecule has 0 saturated carbocycles. The average molecular weight is 399 g/mol. The number of carbonyl (C=O) groups is 1. The highest BCUT2D eigenvalue weighted by molar-refractivity contribution is 8.01.